The molecule has 0 spiro atoms. The molecule has 0 saturated carbocycles. The van der Waals surface area contributed by atoms with Crippen LogP contribution in [-0.2, 0) is 19.1 Å². The highest BCUT2D eigenvalue weighted by atomic mass is 32.2. The first-order chi connectivity index (χ1) is 8.66. The van der Waals surface area contributed by atoms with Gasteiger partial charge in [-0.05, 0) is 19.1 Å². The Labute approximate surface area is 110 Å². The molecule has 0 aliphatic carbocycles. The second-order valence-electron chi connectivity index (χ2n) is 3.95. The lowest BCUT2D eigenvalue weighted by Crippen LogP contribution is -2.42. The number of cyclic esters (lactones) is 2. The van der Waals surface area contributed by atoms with Crippen LogP contribution in [0, 0.1) is 0 Å². The molecule has 0 amide bonds. The second kappa shape index (κ2) is 5.91. The van der Waals surface area contributed by atoms with Crippen molar-refractivity contribution in [2.45, 2.75) is 30.4 Å². The van der Waals surface area contributed by atoms with E-state index in [9.17, 15) is 9.59 Å². The van der Waals surface area contributed by atoms with Crippen LogP contribution in [0.5, 0.6) is 0 Å². The molecule has 96 valence electrons. The van der Waals surface area contributed by atoms with Gasteiger partial charge in [-0.25, -0.2) is 9.59 Å². The molecule has 2 rings (SSSR count). The van der Waals surface area contributed by atoms with E-state index in [1.54, 1.807) is 11.8 Å². The van der Waals surface area contributed by atoms with Crippen molar-refractivity contribution in [1.29, 1.82) is 0 Å². The van der Waals surface area contributed by atoms with E-state index in [-0.39, 0.29) is 0 Å². The van der Waals surface area contributed by atoms with Crippen LogP contribution >= 0.6 is 11.8 Å². The van der Waals surface area contributed by atoms with Crippen LogP contribution in [0.2, 0.25) is 0 Å². The van der Waals surface area contributed by atoms with Gasteiger partial charge in [0.25, 0.3) is 0 Å². The molecule has 0 radical (unpaired) electrons. The van der Waals surface area contributed by atoms with Crippen LogP contribution in [0.1, 0.15) is 13.3 Å². The van der Waals surface area contributed by atoms with Gasteiger partial charge in [-0.1, -0.05) is 18.2 Å². The average molecular weight is 266 g/mol. The summed E-state index contributed by atoms with van der Waals surface area (Å²) in [4.78, 5) is 23.9. The SMILES string of the molecule is C[C@@H]1OC(=O)[C@@H](CCSc2ccccc2)OC1=O. The molecule has 0 bridgehead atoms. The minimum atomic E-state index is -0.782. The van der Waals surface area contributed by atoms with E-state index in [0.29, 0.717) is 12.2 Å². The fraction of sp³-hybridized carbons (Fsp3) is 0.385. The molecule has 1 aromatic rings. The average Bonchev–Trinajstić information content (AvgIpc) is 2.37. The van der Waals surface area contributed by atoms with Gasteiger partial charge in [0.1, 0.15) is 0 Å². The van der Waals surface area contributed by atoms with E-state index in [0.717, 1.165) is 4.90 Å². The smallest absolute Gasteiger partial charge is 0.348 e. The van der Waals surface area contributed by atoms with E-state index >= 15 is 0 Å². The third-order valence-electron chi connectivity index (χ3n) is 2.54. The zero-order valence-electron chi connectivity index (χ0n) is 10.00. The van der Waals surface area contributed by atoms with Crippen molar-refractivity contribution in [1.82, 2.24) is 0 Å². The standard InChI is InChI=1S/C13H14O4S/c1-9-12(14)17-11(13(15)16-9)7-8-18-10-5-3-2-4-6-10/h2-6,9,11H,7-8H2,1H3/t9-,11+/m0/s1. The number of hydrogen-bond acceptors (Lipinski definition) is 5. The number of ether oxygens (including phenoxy) is 2. The molecule has 5 heteroatoms. The summed E-state index contributed by atoms with van der Waals surface area (Å²) in [5.41, 5.74) is 0. The van der Waals surface area contributed by atoms with Crippen LogP contribution < -0.4 is 0 Å². The Morgan fingerprint density at radius 3 is 2.56 bits per heavy atom. The first-order valence-electron chi connectivity index (χ1n) is 5.75. The molecule has 1 aliphatic rings. The van der Waals surface area contributed by atoms with Gasteiger partial charge in [0.2, 0.25) is 0 Å². The highest BCUT2D eigenvalue weighted by Gasteiger charge is 2.35. The molecule has 1 heterocycles. The van der Waals surface area contributed by atoms with Crippen LogP contribution in [0.3, 0.4) is 0 Å². The van der Waals surface area contributed by atoms with Gasteiger partial charge in [-0.15, -0.1) is 11.8 Å². The first kappa shape index (κ1) is 13.0. The molecular formula is C13H14O4S. The van der Waals surface area contributed by atoms with Gasteiger partial charge in [-0.3, -0.25) is 0 Å². The predicted molar refractivity (Wildman–Crippen MR) is 67.2 cm³/mol. The lowest BCUT2D eigenvalue weighted by Gasteiger charge is -2.25. The molecule has 1 saturated heterocycles. The molecule has 0 unspecified atom stereocenters. The highest BCUT2D eigenvalue weighted by Crippen LogP contribution is 2.21. The molecule has 1 fully saturated rings. The largest absolute Gasteiger partial charge is 0.448 e. The molecule has 18 heavy (non-hydrogen) atoms. The van der Waals surface area contributed by atoms with Crippen molar-refractivity contribution in [3.8, 4) is 0 Å². The summed E-state index contributed by atoms with van der Waals surface area (Å²) in [6, 6.07) is 9.86. The fourth-order valence-corrected chi connectivity index (χ4v) is 2.48. The number of esters is 2. The summed E-state index contributed by atoms with van der Waals surface area (Å²) in [6.07, 6.45) is -1.07. The number of carbonyl (C=O) groups excluding carboxylic acids is 2. The van der Waals surface area contributed by atoms with Gasteiger partial charge in [-0.2, -0.15) is 0 Å². The maximum absolute atomic E-state index is 11.5. The van der Waals surface area contributed by atoms with Crippen molar-refractivity contribution >= 4 is 23.7 Å². The monoisotopic (exact) mass is 266 g/mol. The number of thioether (sulfide) groups is 1. The Morgan fingerprint density at radius 2 is 1.83 bits per heavy atom. The quantitative estimate of drug-likeness (QED) is 0.616. The molecule has 0 aromatic heterocycles. The highest BCUT2D eigenvalue weighted by molar-refractivity contribution is 7.99. The summed E-state index contributed by atoms with van der Waals surface area (Å²) in [5, 5.41) is 0. The minimum absolute atomic E-state index is 0.448. The normalized spacial score (nSPS) is 23.4. The lowest BCUT2D eigenvalue weighted by atomic mass is 10.2. The van der Waals surface area contributed by atoms with Crippen LogP contribution in [-0.4, -0.2) is 29.9 Å². The van der Waals surface area contributed by atoms with Crippen LogP contribution in [0.4, 0.5) is 0 Å². The molecule has 1 aromatic carbocycles. The molecule has 2 atom stereocenters. The van der Waals surface area contributed by atoms with E-state index in [4.69, 9.17) is 9.47 Å². The summed E-state index contributed by atoms with van der Waals surface area (Å²) in [6.45, 7) is 1.51. The Bertz CT molecular complexity index is 432. The maximum atomic E-state index is 11.5. The Hall–Kier alpha value is -1.49. The van der Waals surface area contributed by atoms with Crippen molar-refractivity contribution < 1.29 is 19.1 Å². The third kappa shape index (κ3) is 3.26. The zero-order valence-corrected chi connectivity index (χ0v) is 10.8. The van der Waals surface area contributed by atoms with Gasteiger partial charge in [0, 0.05) is 17.1 Å². The van der Waals surface area contributed by atoms with Gasteiger partial charge < -0.3 is 9.47 Å². The summed E-state index contributed by atoms with van der Waals surface area (Å²) in [5.74, 6) is -0.217. The van der Waals surface area contributed by atoms with Crippen LogP contribution in [0.25, 0.3) is 0 Å². The molecule has 0 N–H and O–H groups in total. The molecular weight excluding hydrogens is 252 g/mol. The van der Waals surface area contributed by atoms with Gasteiger partial charge in [0.15, 0.2) is 12.2 Å². The maximum Gasteiger partial charge on any atom is 0.348 e. The van der Waals surface area contributed by atoms with E-state index < -0.39 is 24.1 Å². The number of carbonyl (C=O) groups is 2. The van der Waals surface area contributed by atoms with E-state index in [2.05, 4.69) is 0 Å². The third-order valence-corrected chi connectivity index (χ3v) is 3.58. The number of rotatable bonds is 4. The second-order valence-corrected chi connectivity index (χ2v) is 5.12. The number of hydrogen-bond donors (Lipinski definition) is 0. The Balaban J connectivity index is 1.80. The minimum Gasteiger partial charge on any atom is -0.448 e. The topological polar surface area (TPSA) is 52.6 Å². The Kier molecular flexibility index (Phi) is 4.25. The van der Waals surface area contributed by atoms with Crippen LogP contribution in [0.15, 0.2) is 35.2 Å². The zero-order chi connectivity index (χ0) is 13.0. The van der Waals surface area contributed by atoms with E-state index in [1.165, 1.54) is 6.92 Å². The lowest BCUT2D eigenvalue weighted by molar-refractivity contribution is -0.193. The van der Waals surface area contributed by atoms with Crippen molar-refractivity contribution in [2.24, 2.45) is 0 Å². The first-order valence-corrected chi connectivity index (χ1v) is 6.74. The van der Waals surface area contributed by atoms with Gasteiger partial charge in [0.05, 0.1) is 0 Å². The van der Waals surface area contributed by atoms with Crippen molar-refractivity contribution in [3.63, 3.8) is 0 Å². The van der Waals surface area contributed by atoms with Crippen molar-refractivity contribution in [2.75, 3.05) is 5.75 Å². The van der Waals surface area contributed by atoms with E-state index in [1.807, 2.05) is 30.3 Å². The summed E-state index contributed by atoms with van der Waals surface area (Å²) in [7, 11) is 0. The summed E-state index contributed by atoms with van der Waals surface area (Å²) >= 11 is 1.62. The summed E-state index contributed by atoms with van der Waals surface area (Å²) < 4.78 is 9.91. The van der Waals surface area contributed by atoms with Crippen molar-refractivity contribution in [3.05, 3.63) is 30.3 Å². The van der Waals surface area contributed by atoms with Gasteiger partial charge >= 0.3 is 11.9 Å². The Morgan fingerprint density at radius 1 is 1.11 bits per heavy atom. The fourth-order valence-electron chi connectivity index (χ4n) is 1.56. The molecule has 4 nitrogen and oxygen atoms in total. The predicted octanol–water partition coefficient (Wildman–Crippen LogP) is 2.03. The number of benzene rings is 1. The molecule has 1 aliphatic heterocycles.